The SMILES string of the molecule is C=C[c-]1cccc1.[Os].[cH-]1[cH-][cH-][cH-][cH-]1. The number of hydrogen-bond donors (Lipinski definition) is 0. The fourth-order valence-electron chi connectivity index (χ4n) is 0.846. The molecule has 2 aromatic rings. The molecule has 0 radical (unpaired) electrons. The molecule has 0 saturated carbocycles. The molecule has 0 atom stereocenters. The third-order valence-corrected chi connectivity index (χ3v) is 1.48. The molecular weight excluding hydrogens is 334 g/mol. The van der Waals surface area contributed by atoms with Gasteiger partial charge in [-0.3, -0.25) is 0 Å². The van der Waals surface area contributed by atoms with Crippen molar-refractivity contribution in [2.24, 2.45) is 0 Å². The summed E-state index contributed by atoms with van der Waals surface area (Å²) in [5, 5.41) is 0. The standard InChI is InChI=1S/C7H7.C5H5.Os/c1-2-7-5-3-4-6-7;1-2-4-5-3-1;/h2-6H,1H2;1-5H;/q-1;-5;. The summed E-state index contributed by atoms with van der Waals surface area (Å²) in [4.78, 5) is 0. The second-order valence-electron chi connectivity index (χ2n) is 2.38. The van der Waals surface area contributed by atoms with Crippen LogP contribution in [0.15, 0.2) is 61.2 Å². The van der Waals surface area contributed by atoms with E-state index in [1.54, 1.807) is 0 Å². The Morgan fingerprint density at radius 1 is 0.923 bits per heavy atom. The molecule has 0 nitrogen and oxygen atoms in total. The van der Waals surface area contributed by atoms with Crippen molar-refractivity contribution in [2.75, 3.05) is 0 Å². The Labute approximate surface area is 92.7 Å². The monoisotopic (exact) mass is 348 g/mol. The molecule has 0 amide bonds. The van der Waals surface area contributed by atoms with E-state index in [9.17, 15) is 0 Å². The van der Waals surface area contributed by atoms with Crippen molar-refractivity contribution < 1.29 is 19.8 Å². The van der Waals surface area contributed by atoms with Crippen LogP contribution in [0.4, 0.5) is 0 Å². The van der Waals surface area contributed by atoms with Gasteiger partial charge >= 0.3 is 0 Å². The van der Waals surface area contributed by atoms with Crippen molar-refractivity contribution in [3.63, 3.8) is 0 Å². The van der Waals surface area contributed by atoms with Crippen LogP contribution < -0.4 is 0 Å². The number of hydrogen-bond acceptors (Lipinski definition) is 0. The van der Waals surface area contributed by atoms with Crippen molar-refractivity contribution in [3.05, 3.63) is 66.7 Å². The zero-order valence-corrected chi connectivity index (χ0v) is 9.87. The van der Waals surface area contributed by atoms with Gasteiger partial charge in [0, 0.05) is 19.8 Å². The van der Waals surface area contributed by atoms with Gasteiger partial charge in [0.15, 0.2) is 0 Å². The Hall–Kier alpha value is -0.924. The van der Waals surface area contributed by atoms with Crippen LogP contribution in [-0.4, -0.2) is 0 Å². The molecule has 0 spiro atoms. The van der Waals surface area contributed by atoms with Crippen LogP contribution in [-0.2, 0) is 19.8 Å². The molecular formula is C12H12Os-6. The van der Waals surface area contributed by atoms with Gasteiger partial charge in [0.25, 0.3) is 0 Å². The van der Waals surface area contributed by atoms with Gasteiger partial charge in [0.05, 0.1) is 0 Å². The first-order valence-corrected chi connectivity index (χ1v) is 3.94. The molecule has 0 unspecified atom stereocenters. The Balaban J connectivity index is 0.000000215. The smallest absolute Gasteiger partial charge is 0 e. The first-order chi connectivity index (χ1) is 5.93. The van der Waals surface area contributed by atoms with Crippen LogP contribution in [0.1, 0.15) is 5.56 Å². The predicted molar refractivity (Wildman–Crippen MR) is 54.2 cm³/mol. The maximum absolute atomic E-state index is 3.60. The first kappa shape index (κ1) is 12.1. The minimum atomic E-state index is 0. The molecule has 2 rings (SSSR count). The summed E-state index contributed by atoms with van der Waals surface area (Å²) in [5.74, 6) is 0. The largest absolute Gasteiger partial charge is 0.748 e. The van der Waals surface area contributed by atoms with Crippen LogP contribution in [0.5, 0.6) is 0 Å². The summed E-state index contributed by atoms with van der Waals surface area (Å²) in [6.07, 6.45) is 1.83. The third kappa shape index (κ3) is 5.34. The van der Waals surface area contributed by atoms with E-state index in [0.717, 1.165) is 0 Å². The maximum Gasteiger partial charge on any atom is 0 e. The Morgan fingerprint density at radius 2 is 1.31 bits per heavy atom. The van der Waals surface area contributed by atoms with Crippen LogP contribution in [0.2, 0.25) is 0 Å². The molecule has 0 N–H and O–H groups in total. The molecule has 0 heterocycles. The minimum absolute atomic E-state index is 0. The third-order valence-electron chi connectivity index (χ3n) is 1.48. The topological polar surface area (TPSA) is 0 Å². The van der Waals surface area contributed by atoms with Gasteiger partial charge in [-0.2, -0.15) is 18.7 Å². The summed E-state index contributed by atoms with van der Waals surface area (Å²) < 4.78 is 0. The molecule has 13 heavy (non-hydrogen) atoms. The molecule has 1 heteroatoms. The van der Waals surface area contributed by atoms with Crippen LogP contribution in [0, 0.1) is 0 Å². The van der Waals surface area contributed by atoms with Gasteiger partial charge in [-0.1, -0.05) is 0 Å². The predicted octanol–water partition coefficient (Wildman–Crippen LogP) is 3.45. The minimum Gasteiger partial charge on any atom is -0.748 e. The average molecular weight is 346 g/mol. The molecule has 0 aliphatic rings. The zero-order chi connectivity index (χ0) is 8.65. The molecule has 0 saturated heterocycles. The van der Waals surface area contributed by atoms with E-state index in [1.165, 1.54) is 5.56 Å². The molecule has 0 aromatic heterocycles. The molecule has 0 bridgehead atoms. The van der Waals surface area contributed by atoms with Crippen molar-refractivity contribution in [3.8, 4) is 0 Å². The van der Waals surface area contributed by atoms with E-state index >= 15 is 0 Å². The summed E-state index contributed by atoms with van der Waals surface area (Å²) in [6, 6.07) is 18.0. The summed E-state index contributed by atoms with van der Waals surface area (Å²) in [7, 11) is 0. The zero-order valence-electron chi connectivity index (χ0n) is 7.33. The average Bonchev–Trinajstić information content (AvgIpc) is 2.81. The first-order valence-electron chi connectivity index (χ1n) is 3.94. The maximum atomic E-state index is 3.60. The molecule has 2 aromatic carbocycles. The van der Waals surface area contributed by atoms with E-state index in [0.29, 0.717) is 0 Å². The van der Waals surface area contributed by atoms with E-state index in [1.807, 2.05) is 60.7 Å². The Bertz CT molecular complexity index is 260. The van der Waals surface area contributed by atoms with Crippen molar-refractivity contribution in [1.29, 1.82) is 0 Å². The molecule has 0 aliphatic heterocycles. The second kappa shape index (κ2) is 7.71. The van der Waals surface area contributed by atoms with Gasteiger partial charge in [-0.05, 0) is 0 Å². The van der Waals surface area contributed by atoms with Crippen molar-refractivity contribution >= 4 is 6.08 Å². The summed E-state index contributed by atoms with van der Waals surface area (Å²) >= 11 is 0. The molecule has 0 fully saturated rings. The molecule has 74 valence electrons. The van der Waals surface area contributed by atoms with Crippen molar-refractivity contribution in [2.45, 2.75) is 0 Å². The van der Waals surface area contributed by atoms with E-state index < -0.39 is 0 Å². The number of rotatable bonds is 1. The summed E-state index contributed by atoms with van der Waals surface area (Å²) in [5.41, 5.74) is 1.19. The summed E-state index contributed by atoms with van der Waals surface area (Å²) in [6.45, 7) is 3.60. The Morgan fingerprint density at radius 3 is 1.54 bits per heavy atom. The van der Waals surface area contributed by atoms with E-state index in [4.69, 9.17) is 0 Å². The van der Waals surface area contributed by atoms with E-state index in [2.05, 4.69) is 6.58 Å². The van der Waals surface area contributed by atoms with Crippen LogP contribution >= 0.6 is 0 Å². The van der Waals surface area contributed by atoms with Crippen LogP contribution in [0.3, 0.4) is 0 Å². The van der Waals surface area contributed by atoms with Gasteiger partial charge in [0.1, 0.15) is 0 Å². The van der Waals surface area contributed by atoms with Gasteiger partial charge in [-0.25, -0.2) is 0 Å². The fraction of sp³-hybridized carbons (Fsp3) is 0. The van der Waals surface area contributed by atoms with Gasteiger partial charge in [-0.15, -0.1) is 23.8 Å². The van der Waals surface area contributed by atoms with Crippen molar-refractivity contribution in [1.82, 2.24) is 0 Å². The normalized spacial score (nSPS) is 7.69. The quantitative estimate of drug-likeness (QED) is 0.694. The van der Waals surface area contributed by atoms with Crippen LogP contribution in [0.25, 0.3) is 6.08 Å². The Kier molecular flexibility index (Phi) is 7.16. The van der Waals surface area contributed by atoms with Gasteiger partial charge in [0.2, 0.25) is 0 Å². The van der Waals surface area contributed by atoms with E-state index in [-0.39, 0.29) is 19.8 Å². The van der Waals surface area contributed by atoms with Gasteiger partial charge < -0.3 is 30.3 Å². The second-order valence-corrected chi connectivity index (χ2v) is 2.38. The fourth-order valence-corrected chi connectivity index (χ4v) is 0.846. The molecule has 0 aliphatic carbocycles.